The van der Waals surface area contributed by atoms with Crippen LogP contribution in [0.5, 0.6) is 11.5 Å². The molecular weight excluding hydrogens is 403 g/mol. The first-order valence-electron chi connectivity index (χ1n) is 8.89. The second-order valence-electron chi connectivity index (χ2n) is 7.09. The average Bonchev–Trinajstić information content (AvgIpc) is 3.35. The lowest BCUT2D eigenvalue weighted by Gasteiger charge is -2.15. The molecule has 8 heteroatoms. The molecule has 1 aromatic carbocycles. The van der Waals surface area contributed by atoms with E-state index >= 15 is 0 Å². The number of carbonyl (C=O) groups excluding carboxylic acids is 1. The number of anilines is 1. The number of halogens is 2. The van der Waals surface area contributed by atoms with Crippen LogP contribution in [0.2, 0.25) is 0 Å². The predicted octanol–water partition coefficient (Wildman–Crippen LogP) is 4.91. The van der Waals surface area contributed by atoms with Gasteiger partial charge in [0.1, 0.15) is 5.83 Å². The number of amides is 1. The van der Waals surface area contributed by atoms with E-state index in [4.69, 9.17) is 11.6 Å². The molecule has 1 heterocycles. The Kier molecular flexibility index (Phi) is 4.89. The van der Waals surface area contributed by atoms with Crippen molar-refractivity contribution < 1.29 is 19.4 Å². The topological polar surface area (TPSA) is 82.5 Å². The molecule has 5 nitrogen and oxygen atoms in total. The Labute approximate surface area is 170 Å². The lowest BCUT2D eigenvalue weighted by Crippen LogP contribution is -2.27. The molecule has 0 atom stereocenters. The van der Waals surface area contributed by atoms with Gasteiger partial charge in [-0.2, -0.15) is 0 Å². The van der Waals surface area contributed by atoms with Gasteiger partial charge in [-0.25, -0.2) is 9.37 Å². The van der Waals surface area contributed by atoms with Crippen molar-refractivity contribution in [1.82, 2.24) is 4.98 Å². The minimum atomic E-state index is -0.700. The number of hydrogen-bond acceptors (Lipinski definition) is 5. The second-order valence-corrected chi connectivity index (χ2v) is 8.61. The van der Waals surface area contributed by atoms with E-state index in [0.717, 1.165) is 10.5 Å². The Morgan fingerprint density at radius 3 is 2.75 bits per heavy atom. The molecule has 1 saturated carbocycles. The zero-order valence-corrected chi connectivity index (χ0v) is 16.4. The molecule has 1 aromatic heterocycles. The van der Waals surface area contributed by atoms with Gasteiger partial charge >= 0.3 is 0 Å². The minimum absolute atomic E-state index is 0.182. The largest absolute Gasteiger partial charge is 0.504 e. The SMILES string of the molecule is O=C(Nc1ncc(CC2=C(Cl)C=C(F)CC2)s1)C1(c2ccc(O)c(O)c2)CC1. The molecule has 1 amide bonds. The Morgan fingerprint density at radius 1 is 1.29 bits per heavy atom. The van der Waals surface area contributed by atoms with E-state index in [9.17, 15) is 19.4 Å². The smallest absolute Gasteiger partial charge is 0.236 e. The minimum Gasteiger partial charge on any atom is -0.504 e. The van der Waals surface area contributed by atoms with Crippen molar-refractivity contribution >= 4 is 34.0 Å². The summed E-state index contributed by atoms with van der Waals surface area (Å²) in [5, 5.41) is 23.0. The van der Waals surface area contributed by atoms with Crippen LogP contribution < -0.4 is 5.32 Å². The van der Waals surface area contributed by atoms with E-state index in [1.807, 2.05) is 0 Å². The molecule has 0 radical (unpaired) electrons. The molecule has 1 fully saturated rings. The Balaban J connectivity index is 1.46. The Bertz CT molecular complexity index is 1010. The molecule has 4 rings (SSSR count). The van der Waals surface area contributed by atoms with Crippen molar-refractivity contribution in [2.24, 2.45) is 0 Å². The van der Waals surface area contributed by atoms with Gasteiger partial charge < -0.3 is 15.5 Å². The standard InChI is InChI=1S/C20H18ClFN2O3S/c21-15-9-13(22)3-1-11(15)7-14-10-23-19(28-14)24-18(27)20(5-6-20)12-2-4-16(25)17(26)8-12/h2,4,8-10,25-26H,1,3,5-7H2,(H,23,24,27). The third-order valence-corrected chi connectivity index (χ3v) is 6.45. The number of nitrogens with zero attached hydrogens (tertiary/aromatic N) is 1. The molecule has 2 aliphatic rings. The number of thiazole rings is 1. The van der Waals surface area contributed by atoms with Crippen molar-refractivity contribution in [3.63, 3.8) is 0 Å². The van der Waals surface area contributed by atoms with Gasteiger partial charge in [0.15, 0.2) is 16.6 Å². The lowest BCUT2D eigenvalue weighted by molar-refractivity contribution is -0.118. The quantitative estimate of drug-likeness (QED) is 0.600. The van der Waals surface area contributed by atoms with E-state index in [1.54, 1.807) is 12.3 Å². The number of phenols is 2. The maximum absolute atomic E-state index is 13.3. The number of phenolic OH excluding ortho intramolecular Hbond substituents is 2. The van der Waals surface area contributed by atoms with Gasteiger partial charge in [0.25, 0.3) is 0 Å². The van der Waals surface area contributed by atoms with E-state index < -0.39 is 5.41 Å². The summed E-state index contributed by atoms with van der Waals surface area (Å²) in [6.45, 7) is 0. The summed E-state index contributed by atoms with van der Waals surface area (Å²) in [5.74, 6) is -0.842. The number of nitrogens with one attached hydrogen (secondary N) is 1. The third kappa shape index (κ3) is 3.64. The fraction of sp³-hybridized carbons (Fsp3) is 0.300. The molecular formula is C20H18ClFN2O3S. The van der Waals surface area contributed by atoms with Gasteiger partial charge in [-0.15, -0.1) is 11.3 Å². The maximum atomic E-state index is 13.3. The normalized spacial score (nSPS) is 18.0. The molecule has 0 saturated heterocycles. The molecule has 0 bridgehead atoms. The molecule has 146 valence electrons. The van der Waals surface area contributed by atoms with Crippen LogP contribution in [-0.4, -0.2) is 21.1 Å². The number of allylic oxidation sites excluding steroid dienone is 4. The van der Waals surface area contributed by atoms with Gasteiger partial charge in [0, 0.05) is 28.9 Å². The van der Waals surface area contributed by atoms with Crippen LogP contribution in [0.1, 0.15) is 36.1 Å². The van der Waals surface area contributed by atoms with Crippen LogP contribution in [0, 0.1) is 0 Å². The van der Waals surface area contributed by atoms with E-state index in [-0.39, 0.29) is 23.2 Å². The number of aromatic hydroxyl groups is 2. The number of rotatable bonds is 5. The van der Waals surface area contributed by atoms with E-state index in [2.05, 4.69) is 10.3 Å². The summed E-state index contributed by atoms with van der Waals surface area (Å²) in [6, 6.07) is 4.47. The van der Waals surface area contributed by atoms with Gasteiger partial charge in [-0.05, 0) is 48.6 Å². The first-order valence-corrected chi connectivity index (χ1v) is 10.1. The van der Waals surface area contributed by atoms with Gasteiger partial charge in [-0.3, -0.25) is 4.79 Å². The molecule has 0 spiro atoms. The Hall–Kier alpha value is -2.38. The highest BCUT2D eigenvalue weighted by Crippen LogP contribution is 2.50. The first-order chi connectivity index (χ1) is 13.4. The highest BCUT2D eigenvalue weighted by atomic mass is 35.5. The average molecular weight is 421 g/mol. The summed E-state index contributed by atoms with van der Waals surface area (Å²) in [6.07, 6.45) is 5.90. The summed E-state index contributed by atoms with van der Waals surface area (Å²) in [5.41, 5.74) is 0.932. The number of hydrogen-bond donors (Lipinski definition) is 3. The van der Waals surface area contributed by atoms with Crippen molar-refractivity contribution in [3.05, 3.63) is 57.3 Å². The molecule has 2 aromatic rings. The predicted molar refractivity (Wildman–Crippen MR) is 106 cm³/mol. The highest BCUT2D eigenvalue weighted by Gasteiger charge is 2.51. The number of benzene rings is 1. The first kappa shape index (κ1) is 19.0. The van der Waals surface area contributed by atoms with Gasteiger partial charge in [0.2, 0.25) is 5.91 Å². The molecule has 3 N–H and O–H groups in total. The van der Waals surface area contributed by atoms with Crippen molar-refractivity contribution in [2.45, 2.75) is 37.5 Å². The highest BCUT2D eigenvalue weighted by molar-refractivity contribution is 7.15. The van der Waals surface area contributed by atoms with Gasteiger partial charge in [-0.1, -0.05) is 17.7 Å². The summed E-state index contributed by atoms with van der Waals surface area (Å²) in [4.78, 5) is 18.0. The second kappa shape index (κ2) is 7.22. The van der Waals surface area contributed by atoms with Crippen molar-refractivity contribution in [3.8, 4) is 11.5 Å². The third-order valence-electron chi connectivity index (χ3n) is 5.16. The fourth-order valence-electron chi connectivity index (χ4n) is 3.34. The summed E-state index contributed by atoms with van der Waals surface area (Å²) < 4.78 is 13.3. The van der Waals surface area contributed by atoms with Crippen LogP contribution in [0.3, 0.4) is 0 Å². The molecule has 28 heavy (non-hydrogen) atoms. The van der Waals surface area contributed by atoms with Crippen molar-refractivity contribution in [1.29, 1.82) is 0 Å². The zero-order chi connectivity index (χ0) is 19.9. The van der Waals surface area contributed by atoms with Crippen LogP contribution in [0.25, 0.3) is 0 Å². The number of carbonyl (C=O) groups is 1. The fourth-order valence-corrected chi connectivity index (χ4v) is 4.47. The number of aromatic nitrogens is 1. The zero-order valence-electron chi connectivity index (χ0n) is 14.8. The van der Waals surface area contributed by atoms with Crippen LogP contribution in [0.4, 0.5) is 9.52 Å². The summed E-state index contributed by atoms with van der Waals surface area (Å²) >= 11 is 7.48. The van der Waals surface area contributed by atoms with Crippen LogP contribution in [-0.2, 0) is 16.6 Å². The monoisotopic (exact) mass is 420 g/mol. The lowest BCUT2D eigenvalue weighted by atomic mass is 9.94. The van der Waals surface area contributed by atoms with Crippen molar-refractivity contribution in [2.75, 3.05) is 5.32 Å². The molecule has 2 aliphatic carbocycles. The molecule has 0 unspecified atom stereocenters. The Morgan fingerprint density at radius 2 is 2.07 bits per heavy atom. The van der Waals surface area contributed by atoms with Gasteiger partial charge in [0.05, 0.1) is 5.41 Å². The van der Waals surface area contributed by atoms with E-state index in [1.165, 1.54) is 29.5 Å². The van der Waals surface area contributed by atoms with E-state index in [0.29, 0.717) is 47.8 Å². The molecule has 0 aliphatic heterocycles. The summed E-state index contributed by atoms with van der Waals surface area (Å²) in [7, 11) is 0. The van der Waals surface area contributed by atoms with Crippen LogP contribution in [0.15, 0.2) is 46.9 Å². The maximum Gasteiger partial charge on any atom is 0.236 e. The van der Waals surface area contributed by atoms with Crippen LogP contribution >= 0.6 is 22.9 Å².